The first kappa shape index (κ1) is 7.22. The molecule has 0 spiro atoms. The molecule has 2 rings (SSSR count). The molecule has 1 aliphatic heterocycles. The zero-order chi connectivity index (χ0) is 8.55. The van der Waals surface area contributed by atoms with Crippen molar-refractivity contribution < 1.29 is 5.11 Å². The van der Waals surface area contributed by atoms with Gasteiger partial charge < -0.3 is 10.4 Å². The van der Waals surface area contributed by atoms with Crippen LogP contribution in [0.4, 0.5) is 5.69 Å². The quantitative estimate of drug-likeness (QED) is 0.572. The van der Waals surface area contributed by atoms with Crippen LogP contribution in [0.15, 0.2) is 30.2 Å². The normalized spacial score (nSPS) is 17.6. The van der Waals surface area contributed by atoms with Gasteiger partial charge in [-0.1, -0.05) is 17.7 Å². The minimum Gasteiger partial charge on any atom is -0.514 e. The molecule has 0 atom stereocenters. The van der Waals surface area contributed by atoms with Crippen LogP contribution in [0.5, 0.6) is 0 Å². The maximum absolute atomic E-state index is 8.78. The van der Waals surface area contributed by atoms with E-state index in [0.717, 1.165) is 24.1 Å². The highest BCUT2D eigenvalue weighted by Gasteiger charge is 2.13. The summed E-state index contributed by atoms with van der Waals surface area (Å²) in [7, 11) is 0. The molecule has 1 aromatic carbocycles. The smallest absolute Gasteiger partial charge is 0.0987 e. The van der Waals surface area contributed by atoms with Crippen LogP contribution in [-0.4, -0.2) is 5.11 Å². The van der Waals surface area contributed by atoms with Gasteiger partial charge in [0.15, 0.2) is 0 Å². The standard InChI is InChI=1S/C10H11NO/c1-7-2-3-10-8(4-7)5-9(6-12)11-10/h2-4,6,11-12H,5H2,1H3/b9-6+. The van der Waals surface area contributed by atoms with E-state index >= 15 is 0 Å². The van der Waals surface area contributed by atoms with Gasteiger partial charge in [0.25, 0.3) is 0 Å². The fourth-order valence-corrected chi connectivity index (χ4v) is 1.49. The van der Waals surface area contributed by atoms with Crippen molar-refractivity contribution in [1.82, 2.24) is 0 Å². The Labute approximate surface area is 71.5 Å². The number of nitrogens with one attached hydrogen (secondary N) is 1. The summed E-state index contributed by atoms with van der Waals surface area (Å²) >= 11 is 0. The van der Waals surface area contributed by atoms with Crippen molar-refractivity contribution in [2.24, 2.45) is 0 Å². The molecule has 12 heavy (non-hydrogen) atoms. The Morgan fingerprint density at radius 1 is 1.50 bits per heavy atom. The zero-order valence-corrected chi connectivity index (χ0v) is 6.96. The SMILES string of the molecule is Cc1ccc2c(c1)C/C(=C\O)N2. The molecule has 1 heterocycles. The van der Waals surface area contributed by atoms with Gasteiger partial charge in [-0.05, 0) is 18.6 Å². The van der Waals surface area contributed by atoms with Gasteiger partial charge in [0.2, 0.25) is 0 Å². The van der Waals surface area contributed by atoms with E-state index in [4.69, 9.17) is 5.11 Å². The molecule has 0 aromatic heterocycles. The molecular weight excluding hydrogens is 150 g/mol. The van der Waals surface area contributed by atoms with Gasteiger partial charge in [-0.15, -0.1) is 0 Å². The Balaban J connectivity index is 2.42. The van der Waals surface area contributed by atoms with Crippen LogP contribution in [0.2, 0.25) is 0 Å². The molecule has 0 unspecified atom stereocenters. The summed E-state index contributed by atoms with van der Waals surface area (Å²) in [6.45, 7) is 2.07. The van der Waals surface area contributed by atoms with Gasteiger partial charge >= 0.3 is 0 Å². The molecule has 0 aliphatic carbocycles. The van der Waals surface area contributed by atoms with Crippen LogP contribution in [0, 0.1) is 6.92 Å². The topological polar surface area (TPSA) is 32.3 Å². The van der Waals surface area contributed by atoms with Crippen molar-refractivity contribution in [3.63, 3.8) is 0 Å². The van der Waals surface area contributed by atoms with Crippen molar-refractivity contribution in [2.45, 2.75) is 13.3 Å². The minimum atomic E-state index is 0.813. The monoisotopic (exact) mass is 161 g/mol. The van der Waals surface area contributed by atoms with Crippen LogP contribution < -0.4 is 5.32 Å². The second-order valence-electron chi connectivity index (χ2n) is 3.12. The number of fused-ring (bicyclic) bond motifs is 1. The van der Waals surface area contributed by atoms with E-state index in [1.807, 2.05) is 6.07 Å². The van der Waals surface area contributed by atoms with Crippen LogP contribution >= 0.6 is 0 Å². The molecule has 0 saturated heterocycles. The van der Waals surface area contributed by atoms with Crippen LogP contribution in [-0.2, 0) is 6.42 Å². The van der Waals surface area contributed by atoms with Gasteiger partial charge in [0, 0.05) is 12.1 Å². The maximum atomic E-state index is 8.78. The lowest BCUT2D eigenvalue weighted by Gasteiger charge is -1.98. The first-order chi connectivity index (χ1) is 5.79. The number of rotatable bonds is 0. The lowest BCUT2D eigenvalue weighted by Crippen LogP contribution is -1.90. The molecule has 62 valence electrons. The number of aliphatic hydroxyl groups excluding tert-OH is 1. The van der Waals surface area contributed by atoms with E-state index < -0.39 is 0 Å². The Hall–Kier alpha value is -1.44. The third-order valence-electron chi connectivity index (χ3n) is 2.09. The molecule has 2 heteroatoms. The van der Waals surface area contributed by atoms with E-state index in [2.05, 4.69) is 24.4 Å². The number of aryl methyl sites for hydroxylation is 1. The highest BCUT2D eigenvalue weighted by molar-refractivity contribution is 5.62. The lowest BCUT2D eigenvalue weighted by molar-refractivity contribution is 0.467. The van der Waals surface area contributed by atoms with Gasteiger partial charge in [-0.25, -0.2) is 0 Å². The number of hydrogen-bond donors (Lipinski definition) is 2. The first-order valence-corrected chi connectivity index (χ1v) is 3.99. The number of benzene rings is 1. The van der Waals surface area contributed by atoms with Crippen molar-refractivity contribution in [1.29, 1.82) is 0 Å². The zero-order valence-electron chi connectivity index (χ0n) is 6.96. The summed E-state index contributed by atoms with van der Waals surface area (Å²) < 4.78 is 0. The molecule has 0 saturated carbocycles. The second kappa shape index (κ2) is 2.55. The van der Waals surface area contributed by atoms with Crippen LogP contribution in [0.1, 0.15) is 11.1 Å². The van der Waals surface area contributed by atoms with E-state index in [9.17, 15) is 0 Å². The minimum absolute atomic E-state index is 0.813. The Bertz CT molecular complexity index is 342. The number of hydrogen-bond acceptors (Lipinski definition) is 2. The van der Waals surface area contributed by atoms with E-state index in [-0.39, 0.29) is 0 Å². The summed E-state index contributed by atoms with van der Waals surface area (Å²) in [6.07, 6.45) is 1.95. The number of aliphatic hydroxyl groups is 1. The first-order valence-electron chi connectivity index (χ1n) is 3.99. The lowest BCUT2D eigenvalue weighted by atomic mass is 10.1. The van der Waals surface area contributed by atoms with Crippen molar-refractivity contribution >= 4 is 5.69 Å². The summed E-state index contributed by atoms with van der Waals surface area (Å²) in [4.78, 5) is 0. The molecule has 0 fully saturated rings. The van der Waals surface area contributed by atoms with Crippen molar-refractivity contribution in [2.75, 3.05) is 5.32 Å². The van der Waals surface area contributed by atoms with E-state index in [1.165, 1.54) is 11.1 Å². The predicted molar refractivity (Wildman–Crippen MR) is 49.2 cm³/mol. The summed E-state index contributed by atoms with van der Waals surface area (Å²) in [5.41, 5.74) is 4.50. The van der Waals surface area contributed by atoms with Gasteiger partial charge in [0.1, 0.15) is 0 Å². The largest absolute Gasteiger partial charge is 0.514 e. The molecule has 0 bridgehead atoms. The molecule has 0 radical (unpaired) electrons. The van der Waals surface area contributed by atoms with Crippen molar-refractivity contribution in [3.05, 3.63) is 41.3 Å². The average Bonchev–Trinajstić information content (AvgIpc) is 2.46. The third kappa shape index (κ3) is 1.05. The molecule has 1 aliphatic rings. The predicted octanol–water partition coefficient (Wildman–Crippen LogP) is 2.36. The number of allylic oxidation sites excluding steroid dienone is 1. The van der Waals surface area contributed by atoms with E-state index in [1.54, 1.807) is 0 Å². The second-order valence-corrected chi connectivity index (χ2v) is 3.12. The Morgan fingerprint density at radius 3 is 3.08 bits per heavy atom. The molecule has 2 N–H and O–H groups in total. The molecule has 2 nitrogen and oxygen atoms in total. The molecule has 0 amide bonds. The van der Waals surface area contributed by atoms with Crippen LogP contribution in [0.3, 0.4) is 0 Å². The maximum Gasteiger partial charge on any atom is 0.0987 e. The Morgan fingerprint density at radius 2 is 2.33 bits per heavy atom. The van der Waals surface area contributed by atoms with Gasteiger partial charge in [0.05, 0.1) is 12.0 Å². The van der Waals surface area contributed by atoms with Gasteiger partial charge in [-0.2, -0.15) is 0 Å². The van der Waals surface area contributed by atoms with Crippen LogP contribution in [0.25, 0.3) is 0 Å². The fourth-order valence-electron chi connectivity index (χ4n) is 1.49. The van der Waals surface area contributed by atoms with E-state index in [0.29, 0.717) is 0 Å². The summed E-state index contributed by atoms with van der Waals surface area (Å²) in [5.74, 6) is 0. The Kier molecular flexibility index (Phi) is 1.54. The summed E-state index contributed by atoms with van der Waals surface area (Å²) in [6, 6.07) is 6.24. The van der Waals surface area contributed by atoms with Gasteiger partial charge in [-0.3, -0.25) is 0 Å². The molecule has 1 aromatic rings. The highest BCUT2D eigenvalue weighted by Crippen LogP contribution is 2.27. The fraction of sp³-hybridized carbons (Fsp3) is 0.200. The summed E-state index contributed by atoms with van der Waals surface area (Å²) in [5, 5.41) is 11.9. The molecular formula is C10H11NO. The average molecular weight is 161 g/mol. The highest BCUT2D eigenvalue weighted by atomic mass is 16.2. The van der Waals surface area contributed by atoms with Crippen molar-refractivity contribution in [3.8, 4) is 0 Å². The number of anilines is 1. The third-order valence-corrected chi connectivity index (χ3v) is 2.09.